The number of aromatic nitrogens is 2. The molecule has 0 saturated carbocycles. The van der Waals surface area contributed by atoms with Crippen LogP contribution < -0.4 is 9.46 Å². The van der Waals surface area contributed by atoms with Gasteiger partial charge in [0.1, 0.15) is 5.75 Å². The molecular weight excluding hydrogens is 346 g/mol. The Hall–Kier alpha value is -2.45. The number of anilines is 1. The van der Waals surface area contributed by atoms with Gasteiger partial charge in [-0.2, -0.15) is 0 Å². The number of hydrogen-bond donors (Lipinski definition) is 1. The van der Waals surface area contributed by atoms with Gasteiger partial charge in [-0.1, -0.05) is 16.6 Å². The highest BCUT2D eigenvalue weighted by atomic mass is 32.2. The predicted molar refractivity (Wildman–Crippen MR) is 93.8 cm³/mol. The highest BCUT2D eigenvalue weighted by molar-refractivity contribution is 7.92. The summed E-state index contributed by atoms with van der Waals surface area (Å²) in [6.45, 7) is 2.41. The van der Waals surface area contributed by atoms with Gasteiger partial charge in [-0.15, -0.1) is 5.10 Å². The molecule has 1 heterocycles. The van der Waals surface area contributed by atoms with Crippen LogP contribution in [0.4, 0.5) is 5.69 Å². The van der Waals surface area contributed by atoms with E-state index in [1.54, 1.807) is 30.5 Å². The standard InChI is InChI=1S/C16H15N3O3S2/c1-2-22-14-7-9-15(10-8-14)24(20,21)18-13-5-3-12(4-6-13)16-11-17-19-23-16/h3-11,18H,2H2,1H3. The van der Waals surface area contributed by atoms with E-state index in [4.69, 9.17) is 4.74 Å². The minimum Gasteiger partial charge on any atom is -0.494 e. The maximum absolute atomic E-state index is 12.4. The van der Waals surface area contributed by atoms with E-state index in [1.807, 2.05) is 19.1 Å². The zero-order valence-corrected chi connectivity index (χ0v) is 14.5. The van der Waals surface area contributed by atoms with Crippen molar-refractivity contribution in [2.24, 2.45) is 0 Å². The van der Waals surface area contributed by atoms with Gasteiger partial charge in [0.15, 0.2) is 0 Å². The largest absolute Gasteiger partial charge is 0.494 e. The molecule has 0 radical (unpaired) electrons. The van der Waals surface area contributed by atoms with Gasteiger partial charge in [0.25, 0.3) is 10.0 Å². The molecule has 2 aromatic carbocycles. The quantitative estimate of drug-likeness (QED) is 0.728. The Morgan fingerprint density at radius 2 is 1.79 bits per heavy atom. The van der Waals surface area contributed by atoms with Crippen molar-refractivity contribution >= 4 is 27.2 Å². The summed E-state index contributed by atoms with van der Waals surface area (Å²) in [5, 5.41) is 3.79. The van der Waals surface area contributed by atoms with Crippen molar-refractivity contribution < 1.29 is 13.2 Å². The van der Waals surface area contributed by atoms with E-state index >= 15 is 0 Å². The normalized spacial score (nSPS) is 11.2. The molecule has 0 unspecified atom stereocenters. The lowest BCUT2D eigenvalue weighted by Gasteiger charge is -2.09. The van der Waals surface area contributed by atoms with Crippen molar-refractivity contribution in [3.8, 4) is 16.2 Å². The molecule has 1 N–H and O–H groups in total. The summed E-state index contributed by atoms with van der Waals surface area (Å²) < 4.78 is 36.5. The van der Waals surface area contributed by atoms with Crippen LogP contribution in [0.5, 0.6) is 5.75 Å². The van der Waals surface area contributed by atoms with Crippen LogP contribution in [0.3, 0.4) is 0 Å². The van der Waals surface area contributed by atoms with Crippen molar-refractivity contribution in [2.45, 2.75) is 11.8 Å². The van der Waals surface area contributed by atoms with Crippen molar-refractivity contribution in [3.63, 3.8) is 0 Å². The Morgan fingerprint density at radius 3 is 2.38 bits per heavy atom. The zero-order chi connectivity index (χ0) is 17.0. The summed E-state index contributed by atoms with van der Waals surface area (Å²) in [6.07, 6.45) is 1.67. The van der Waals surface area contributed by atoms with Gasteiger partial charge in [0, 0.05) is 5.69 Å². The molecule has 0 amide bonds. The molecule has 0 aliphatic rings. The average molecular weight is 361 g/mol. The van der Waals surface area contributed by atoms with Crippen LogP contribution in [0.2, 0.25) is 0 Å². The zero-order valence-electron chi connectivity index (χ0n) is 12.8. The van der Waals surface area contributed by atoms with Crippen LogP contribution in [0.25, 0.3) is 10.4 Å². The molecule has 8 heteroatoms. The van der Waals surface area contributed by atoms with Crippen LogP contribution in [-0.4, -0.2) is 24.6 Å². The Balaban J connectivity index is 1.76. The van der Waals surface area contributed by atoms with Gasteiger partial charge >= 0.3 is 0 Å². The molecule has 124 valence electrons. The summed E-state index contributed by atoms with van der Waals surface area (Å²) in [5.41, 5.74) is 1.43. The monoisotopic (exact) mass is 361 g/mol. The Morgan fingerprint density at radius 1 is 1.08 bits per heavy atom. The van der Waals surface area contributed by atoms with Gasteiger partial charge < -0.3 is 4.74 Å². The molecule has 0 saturated heterocycles. The molecule has 0 aliphatic heterocycles. The first-order chi connectivity index (χ1) is 11.6. The minimum atomic E-state index is -3.64. The Bertz CT molecular complexity index is 891. The summed E-state index contributed by atoms with van der Waals surface area (Å²) in [6, 6.07) is 13.4. The fraction of sp³-hybridized carbons (Fsp3) is 0.125. The first kappa shape index (κ1) is 16.4. The molecule has 6 nitrogen and oxygen atoms in total. The SMILES string of the molecule is CCOc1ccc(S(=O)(=O)Nc2ccc(-c3cnns3)cc2)cc1. The van der Waals surface area contributed by atoms with Crippen LogP contribution in [0, 0.1) is 0 Å². The molecule has 0 spiro atoms. The van der Waals surface area contributed by atoms with Gasteiger partial charge in [-0.3, -0.25) is 4.72 Å². The van der Waals surface area contributed by atoms with E-state index in [1.165, 1.54) is 23.7 Å². The minimum absolute atomic E-state index is 0.182. The van der Waals surface area contributed by atoms with Crippen molar-refractivity contribution in [1.29, 1.82) is 0 Å². The summed E-state index contributed by atoms with van der Waals surface area (Å²) >= 11 is 1.29. The van der Waals surface area contributed by atoms with Crippen molar-refractivity contribution in [3.05, 3.63) is 54.7 Å². The van der Waals surface area contributed by atoms with Gasteiger partial charge in [0.05, 0.1) is 22.6 Å². The maximum Gasteiger partial charge on any atom is 0.261 e. The summed E-state index contributed by atoms with van der Waals surface area (Å²) in [4.78, 5) is 1.11. The number of ether oxygens (including phenoxy) is 1. The third-order valence-electron chi connectivity index (χ3n) is 3.23. The first-order valence-electron chi connectivity index (χ1n) is 7.22. The van der Waals surface area contributed by atoms with E-state index < -0.39 is 10.0 Å². The molecule has 0 atom stereocenters. The smallest absolute Gasteiger partial charge is 0.261 e. The maximum atomic E-state index is 12.4. The first-order valence-corrected chi connectivity index (χ1v) is 9.47. The topological polar surface area (TPSA) is 81.2 Å². The van der Waals surface area contributed by atoms with Crippen LogP contribution in [-0.2, 0) is 10.0 Å². The van der Waals surface area contributed by atoms with Crippen molar-refractivity contribution in [1.82, 2.24) is 9.59 Å². The van der Waals surface area contributed by atoms with E-state index in [0.29, 0.717) is 18.0 Å². The fourth-order valence-corrected chi connectivity index (χ4v) is 3.67. The fourth-order valence-electron chi connectivity index (χ4n) is 2.09. The molecule has 1 aromatic heterocycles. The summed E-state index contributed by atoms with van der Waals surface area (Å²) in [5.74, 6) is 0.638. The van der Waals surface area contributed by atoms with Crippen LogP contribution in [0.1, 0.15) is 6.92 Å². The van der Waals surface area contributed by atoms with Gasteiger partial charge in [0.2, 0.25) is 0 Å². The number of sulfonamides is 1. The second-order valence-corrected chi connectivity index (χ2v) is 7.34. The molecule has 24 heavy (non-hydrogen) atoms. The molecule has 0 fully saturated rings. The molecule has 3 rings (SSSR count). The highest BCUT2D eigenvalue weighted by Gasteiger charge is 2.14. The third kappa shape index (κ3) is 3.72. The van der Waals surface area contributed by atoms with E-state index in [-0.39, 0.29) is 4.90 Å². The van der Waals surface area contributed by atoms with E-state index in [9.17, 15) is 8.42 Å². The number of hydrogen-bond acceptors (Lipinski definition) is 6. The molecule has 3 aromatic rings. The molecule has 0 bridgehead atoms. The number of nitrogens with one attached hydrogen (secondary N) is 1. The van der Waals surface area contributed by atoms with Crippen LogP contribution in [0.15, 0.2) is 59.6 Å². The third-order valence-corrected chi connectivity index (χ3v) is 5.34. The lowest BCUT2D eigenvalue weighted by atomic mass is 10.2. The van der Waals surface area contributed by atoms with E-state index in [0.717, 1.165) is 10.4 Å². The molecular formula is C16H15N3O3S2. The summed E-state index contributed by atoms with van der Waals surface area (Å²) in [7, 11) is -3.64. The van der Waals surface area contributed by atoms with Crippen molar-refractivity contribution in [2.75, 3.05) is 11.3 Å². The average Bonchev–Trinajstić information content (AvgIpc) is 3.10. The number of nitrogens with zero attached hydrogens (tertiary/aromatic N) is 2. The van der Waals surface area contributed by atoms with E-state index in [2.05, 4.69) is 14.3 Å². The van der Waals surface area contributed by atoms with Crippen LogP contribution >= 0.6 is 11.5 Å². The second kappa shape index (κ2) is 6.98. The van der Waals surface area contributed by atoms with Gasteiger partial charge in [-0.05, 0) is 60.4 Å². The number of rotatable bonds is 6. The highest BCUT2D eigenvalue weighted by Crippen LogP contribution is 2.25. The lowest BCUT2D eigenvalue weighted by Crippen LogP contribution is -2.12. The predicted octanol–water partition coefficient (Wildman–Crippen LogP) is 3.40. The Labute approximate surface area is 144 Å². The molecule has 0 aliphatic carbocycles. The second-order valence-electron chi connectivity index (χ2n) is 4.87. The van der Waals surface area contributed by atoms with Gasteiger partial charge in [-0.25, -0.2) is 8.42 Å². The lowest BCUT2D eigenvalue weighted by molar-refractivity contribution is 0.340. The Kier molecular flexibility index (Phi) is 4.77. The number of benzene rings is 2.